The predicted octanol–water partition coefficient (Wildman–Crippen LogP) is 3.46. The van der Waals surface area contributed by atoms with Gasteiger partial charge in [0.25, 0.3) is 11.8 Å². The molecule has 0 aliphatic carbocycles. The van der Waals surface area contributed by atoms with E-state index >= 15 is 0 Å². The second kappa shape index (κ2) is 12.2. The smallest absolute Gasteiger partial charge is 0.277 e. The van der Waals surface area contributed by atoms with E-state index < -0.39 is 0 Å². The molecule has 33 heavy (non-hydrogen) atoms. The molecular formula is C26H38N2O5. The Balaban J connectivity index is 1.82. The molecule has 2 amide bonds. The van der Waals surface area contributed by atoms with Crippen LogP contribution in [0, 0.1) is 5.92 Å². The molecule has 7 heteroatoms. The number of ether oxygens (including phenoxy) is 2. The van der Waals surface area contributed by atoms with Crippen LogP contribution in [0.4, 0.5) is 0 Å². The molecule has 1 aromatic carbocycles. The maximum atomic E-state index is 13.5. The summed E-state index contributed by atoms with van der Waals surface area (Å²) in [7, 11) is 0. The van der Waals surface area contributed by atoms with E-state index in [0.717, 1.165) is 31.4 Å². The van der Waals surface area contributed by atoms with Gasteiger partial charge >= 0.3 is 0 Å². The summed E-state index contributed by atoms with van der Waals surface area (Å²) in [5.74, 6) is 0.335. The molecule has 2 aliphatic heterocycles. The quantitative estimate of drug-likeness (QED) is 0.382. The molecule has 1 N–H and O–H groups in total. The van der Waals surface area contributed by atoms with Crippen molar-refractivity contribution >= 4 is 17.4 Å². The number of rotatable bonds is 12. The average molecular weight is 459 g/mol. The molecule has 0 aromatic heterocycles. The lowest BCUT2D eigenvalue weighted by Gasteiger charge is -2.34. The highest BCUT2D eigenvalue weighted by atomic mass is 16.5. The lowest BCUT2D eigenvalue weighted by Crippen LogP contribution is -2.40. The van der Waals surface area contributed by atoms with Crippen molar-refractivity contribution in [1.82, 2.24) is 9.80 Å². The fourth-order valence-corrected chi connectivity index (χ4v) is 4.38. The van der Waals surface area contributed by atoms with E-state index in [1.165, 1.54) is 4.90 Å². The number of hydrogen-bond donors (Lipinski definition) is 1. The van der Waals surface area contributed by atoms with E-state index in [9.17, 15) is 14.7 Å². The molecule has 0 saturated carbocycles. The zero-order chi connectivity index (χ0) is 23.8. The van der Waals surface area contributed by atoms with Crippen LogP contribution in [0.5, 0.6) is 5.75 Å². The highest BCUT2D eigenvalue weighted by Gasteiger charge is 2.42. The molecule has 1 aromatic rings. The van der Waals surface area contributed by atoms with Crippen LogP contribution in [0.3, 0.4) is 0 Å². The largest absolute Gasteiger partial charge is 0.491 e. The second-order valence-electron chi connectivity index (χ2n) is 9.13. The fourth-order valence-electron chi connectivity index (χ4n) is 4.38. The summed E-state index contributed by atoms with van der Waals surface area (Å²) in [6, 6.07) is 7.38. The van der Waals surface area contributed by atoms with Crippen molar-refractivity contribution in [2.45, 2.75) is 59.0 Å². The van der Waals surface area contributed by atoms with Crippen LogP contribution in [-0.4, -0.2) is 72.3 Å². The first-order valence-electron chi connectivity index (χ1n) is 12.3. The van der Waals surface area contributed by atoms with Gasteiger partial charge in [-0.1, -0.05) is 25.5 Å². The lowest BCUT2D eigenvalue weighted by molar-refractivity contribution is -0.137. The van der Waals surface area contributed by atoms with Crippen LogP contribution in [-0.2, 0) is 14.3 Å². The summed E-state index contributed by atoms with van der Waals surface area (Å²) >= 11 is 0. The number of unbranched alkanes of at least 4 members (excludes halogenated alkanes) is 1. The molecule has 7 nitrogen and oxygen atoms in total. The number of carbonyl (C=O) groups is 2. The minimum absolute atomic E-state index is 0.0547. The van der Waals surface area contributed by atoms with Crippen molar-refractivity contribution in [1.29, 1.82) is 0 Å². The number of hydrogen-bond acceptors (Lipinski definition) is 6. The highest BCUT2D eigenvalue weighted by molar-refractivity contribution is 6.35. The van der Waals surface area contributed by atoms with Gasteiger partial charge in [0.1, 0.15) is 11.4 Å². The van der Waals surface area contributed by atoms with Gasteiger partial charge in [-0.2, -0.15) is 0 Å². The van der Waals surface area contributed by atoms with Crippen LogP contribution < -0.4 is 4.74 Å². The van der Waals surface area contributed by atoms with Crippen LogP contribution in [0.2, 0.25) is 0 Å². The highest BCUT2D eigenvalue weighted by Crippen LogP contribution is 2.34. The summed E-state index contributed by atoms with van der Waals surface area (Å²) in [4.78, 5) is 30.3. The summed E-state index contributed by atoms with van der Waals surface area (Å²) in [5.41, 5.74) is 1.62. The maximum absolute atomic E-state index is 13.5. The van der Waals surface area contributed by atoms with Gasteiger partial charge in [-0.15, -0.1) is 0 Å². The number of imide groups is 1. The van der Waals surface area contributed by atoms with E-state index in [1.807, 2.05) is 43.0 Å². The molecule has 1 fully saturated rings. The summed E-state index contributed by atoms with van der Waals surface area (Å²) in [5, 5.41) is 9.68. The minimum atomic E-state index is -0.257. The number of benzene rings is 1. The number of carbonyl (C=O) groups excluding carboxylic acids is 2. The molecule has 2 aliphatic rings. The Hall–Kier alpha value is -2.38. The van der Waals surface area contributed by atoms with E-state index in [2.05, 4.69) is 6.92 Å². The molecule has 2 heterocycles. The zero-order valence-electron chi connectivity index (χ0n) is 20.2. The van der Waals surface area contributed by atoms with Crippen LogP contribution in [0.1, 0.15) is 58.4 Å². The number of nitrogens with zero attached hydrogens (tertiary/aromatic N) is 2. The van der Waals surface area contributed by atoms with Crippen LogP contribution >= 0.6 is 0 Å². The van der Waals surface area contributed by atoms with Gasteiger partial charge in [0, 0.05) is 39.5 Å². The first-order chi connectivity index (χ1) is 16.0. The topological polar surface area (TPSA) is 79.3 Å². The Bertz CT molecular complexity index is 834. The van der Waals surface area contributed by atoms with Crippen LogP contribution in [0.15, 0.2) is 30.0 Å². The minimum Gasteiger partial charge on any atom is -0.491 e. The van der Waals surface area contributed by atoms with Crippen molar-refractivity contribution in [2.75, 3.05) is 39.5 Å². The number of piperidine rings is 1. The van der Waals surface area contributed by atoms with Gasteiger partial charge in [0.05, 0.1) is 11.7 Å². The summed E-state index contributed by atoms with van der Waals surface area (Å²) in [6.07, 6.45) is 4.56. The Morgan fingerprint density at radius 2 is 1.82 bits per heavy atom. The number of likely N-dealkylation sites (tertiary alicyclic amines) is 1. The van der Waals surface area contributed by atoms with Gasteiger partial charge in [-0.3, -0.25) is 14.5 Å². The van der Waals surface area contributed by atoms with Gasteiger partial charge in [0.15, 0.2) is 0 Å². The average Bonchev–Trinajstić information content (AvgIpc) is 3.06. The number of aliphatic hydroxyl groups is 1. The van der Waals surface area contributed by atoms with Crippen molar-refractivity contribution in [3.05, 3.63) is 35.5 Å². The maximum Gasteiger partial charge on any atom is 0.277 e. The van der Waals surface area contributed by atoms with Gasteiger partial charge in [-0.25, -0.2) is 0 Å². The van der Waals surface area contributed by atoms with Crippen molar-refractivity contribution < 1.29 is 24.2 Å². The molecule has 1 saturated heterocycles. The number of aliphatic hydroxyl groups excluding tert-OH is 1. The standard InChI is InChI=1S/C26H38N2O5/c1-4-5-15-32-16-7-14-28-25(30)23(21-9-11-22(12-10-21)33-19(2)3)24(26(28)31)27-13-6-8-20(17-27)18-29/h9-12,19-20,29H,4-8,13-18H2,1-3H3. The zero-order valence-corrected chi connectivity index (χ0v) is 20.2. The molecule has 182 valence electrons. The lowest BCUT2D eigenvalue weighted by atomic mass is 9.97. The third-order valence-electron chi connectivity index (χ3n) is 6.06. The predicted molar refractivity (Wildman–Crippen MR) is 128 cm³/mol. The van der Waals surface area contributed by atoms with E-state index in [0.29, 0.717) is 56.1 Å². The third kappa shape index (κ3) is 6.36. The first kappa shape index (κ1) is 25.2. The SMILES string of the molecule is CCCCOCCCN1C(=O)C(c2ccc(OC(C)C)cc2)=C(N2CCCC(CO)C2)C1=O. The summed E-state index contributed by atoms with van der Waals surface area (Å²) in [6.45, 7) is 8.98. The normalized spacial score (nSPS) is 19.2. The van der Waals surface area contributed by atoms with Crippen LogP contribution in [0.25, 0.3) is 5.57 Å². The third-order valence-corrected chi connectivity index (χ3v) is 6.06. The Kier molecular flexibility index (Phi) is 9.32. The molecule has 0 bridgehead atoms. The Morgan fingerprint density at radius 1 is 1.09 bits per heavy atom. The van der Waals surface area contributed by atoms with E-state index in [1.54, 1.807) is 0 Å². The monoisotopic (exact) mass is 458 g/mol. The molecule has 1 unspecified atom stereocenters. The Morgan fingerprint density at radius 3 is 2.48 bits per heavy atom. The molecule has 1 atom stereocenters. The number of amides is 2. The van der Waals surface area contributed by atoms with Crippen molar-refractivity contribution in [2.24, 2.45) is 5.92 Å². The molecule has 0 radical (unpaired) electrons. The second-order valence-corrected chi connectivity index (χ2v) is 9.13. The van der Waals surface area contributed by atoms with Crippen molar-refractivity contribution in [3.8, 4) is 5.75 Å². The van der Waals surface area contributed by atoms with Crippen molar-refractivity contribution in [3.63, 3.8) is 0 Å². The molecule has 0 spiro atoms. The Labute approximate surface area is 197 Å². The van der Waals surface area contributed by atoms with Gasteiger partial charge in [-0.05, 0) is 63.1 Å². The fraction of sp³-hybridized carbons (Fsp3) is 0.615. The van der Waals surface area contributed by atoms with Gasteiger partial charge < -0.3 is 19.5 Å². The van der Waals surface area contributed by atoms with E-state index in [4.69, 9.17) is 9.47 Å². The van der Waals surface area contributed by atoms with Gasteiger partial charge in [0.2, 0.25) is 0 Å². The molecule has 3 rings (SSSR count). The molecular weight excluding hydrogens is 420 g/mol. The van der Waals surface area contributed by atoms with E-state index in [-0.39, 0.29) is 30.4 Å². The summed E-state index contributed by atoms with van der Waals surface area (Å²) < 4.78 is 11.4. The first-order valence-corrected chi connectivity index (χ1v) is 12.3.